The topological polar surface area (TPSA) is 21.3 Å². The standard InChI is InChI=1S/C13H9Cl2NO/c14-9-6-5-8(7-10(9)15)13-16-11-3-1-2-4-12(11)17-13/h1-7,13,16H/t13-/m1/s1. The summed E-state index contributed by atoms with van der Waals surface area (Å²) in [4.78, 5) is 0. The largest absolute Gasteiger partial charge is 0.464 e. The van der Waals surface area contributed by atoms with E-state index in [2.05, 4.69) is 5.32 Å². The lowest BCUT2D eigenvalue weighted by atomic mass is 10.2. The molecule has 1 aliphatic heterocycles. The molecule has 0 radical (unpaired) electrons. The van der Waals surface area contributed by atoms with Gasteiger partial charge in [-0.15, -0.1) is 0 Å². The van der Waals surface area contributed by atoms with Gasteiger partial charge in [-0.3, -0.25) is 0 Å². The predicted octanol–water partition coefficient (Wildman–Crippen LogP) is 4.50. The van der Waals surface area contributed by atoms with E-state index >= 15 is 0 Å². The molecule has 1 N–H and O–H groups in total. The van der Waals surface area contributed by atoms with Crippen LogP contribution in [0.1, 0.15) is 11.8 Å². The summed E-state index contributed by atoms with van der Waals surface area (Å²) in [5.41, 5.74) is 1.94. The third-order valence-electron chi connectivity index (χ3n) is 2.66. The first-order valence-electron chi connectivity index (χ1n) is 5.21. The second kappa shape index (κ2) is 4.13. The highest BCUT2D eigenvalue weighted by molar-refractivity contribution is 6.42. The van der Waals surface area contributed by atoms with Gasteiger partial charge in [-0.05, 0) is 24.3 Å². The zero-order valence-electron chi connectivity index (χ0n) is 8.78. The lowest BCUT2D eigenvalue weighted by Crippen LogP contribution is -2.09. The van der Waals surface area contributed by atoms with Crippen molar-refractivity contribution in [3.05, 3.63) is 58.1 Å². The van der Waals surface area contributed by atoms with Crippen molar-refractivity contribution >= 4 is 28.9 Å². The van der Waals surface area contributed by atoms with Crippen LogP contribution >= 0.6 is 23.2 Å². The van der Waals surface area contributed by atoms with Crippen molar-refractivity contribution in [2.24, 2.45) is 0 Å². The van der Waals surface area contributed by atoms with Gasteiger partial charge in [0.15, 0.2) is 6.23 Å². The molecule has 0 aromatic heterocycles. The summed E-state index contributed by atoms with van der Waals surface area (Å²) in [6, 6.07) is 13.3. The van der Waals surface area contributed by atoms with Crippen molar-refractivity contribution in [2.75, 3.05) is 5.32 Å². The Balaban J connectivity index is 1.91. The fraction of sp³-hybridized carbons (Fsp3) is 0.0769. The molecule has 0 saturated carbocycles. The Kier molecular flexibility index (Phi) is 2.61. The lowest BCUT2D eigenvalue weighted by molar-refractivity contribution is 0.260. The Morgan fingerprint density at radius 1 is 1.00 bits per heavy atom. The number of rotatable bonds is 1. The number of anilines is 1. The fourth-order valence-electron chi connectivity index (χ4n) is 1.81. The molecule has 0 unspecified atom stereocenters. The zero-order valence-corrected chi connectivity index (χ0v) is 10.3. The monoisotopic (exact) mass is 265 g/mol. The van der Waals surface area contributed by atoms with Gasteiger partial charge in [0, 0.05) is 5.56 Å². The molecule has 0 fully saturated rings. The first-order chi connectivity index (χ1) is 8.24. The predicted molar refractivity (Wildman–Crippen MR) is 69.9 cm³/mol. The number of hydrogen-bond donors (Lipinski definition) is 1. The van der Waals surface area contributed by atoms with Crippen LogP contribution < -0.4 is 10.1 Å². The van der Waals surface area contributed by atoms with Gasteiger partial charge in [-0.25, -0.2) is 0 Å². The average molecular weight is 266 g/mol. The SMILES string of the molecule is Clc1ccc([C@@H]2Nc3ccccc3O2)cc1Cl. The van der Waals surface area contributed by atoms with E-state index in [4.69, 9.17) is 27.9 Å². The van der Waals surface area contributed by atoms with Crippen LogP contribution in [0.5, 0.6) is 5.75 Å². The number of fused-ring (bicyclic) bond motifs is 1. The smallest absolute Gasteiger partial charge is 0.196 e. The molecular formula is C13H9Cl2NO. The Bertz CT molecular complexity index is 546. The third kappa shape index (κ3) is 1.94. The first-order valence-corrected chi connectivity index (χ1v) is 5.97. The molecule has 0 spiro atoms. The van der Waals surface area contributed by atoms with Crippen LogP contribution in [0.4, 0.5) is 5.69 Å². The van der Waals surface area contributed by atoms with Gasteiger partial charge < -0.3 is 10.1 Å². The van der Waals surface area contributed by atoms with Gasteiger partial charge in [0.1, 0.15) is 5.75 Å². The highest BCUT2D eigenvalue weighted by atomic mass is 35.5. The average Bonchev–Trinajstić information content (AvgIpc) is 2.76. The number of hydrogen-bond acceptors (Lipinski definition) is 2. The van der Waals surface area contributed by atoms with Crippen molar-refractivity contribution in [1.82, 2.24) is 0 Å². The van der Waals surface area contributed by atoms with E-state index in [1.807, 2.05) is 36.4 Å². The van der Waals surface area contributed by atoms with Crippen molar-refractivity contribution in [3.63, 3.8) is 0 Å². The van der Waals surface area contributed by atoms with E-state index in [-0.39, 0.29) is 6.23 Å². The van der Waals surface area contributed by atoms with E-state index in [9.17, 15) is 0 Å². The maximum Gasteiger partial charge on any atom is 0.196 e. The van der Waals surface area contributed by atoms with Gasteiger partial charge in [-0.2, -0.15) is 0 Å². The van der Waals surface area contributed by atoms with Crippen LogP contribution in [0.25, 0.3) is 0 Å². The van der Waals surface area contributed by atoms with Crippen molar-refractivity contribution < 1.29 is 4.74 Å². The van der Waals surface area contributed by atoms with Gasteiger partial charge in [0.05, 0.1) is 15.7 Å². The summed E-state index contributed by atoms with van der Waals surface area (Å²) >= 11 is 11.9. The minimum absolute atomic E-state index is 0.206. The molecule has 17 heavy (non-hydrogen) atoms. The minimum Gasteiger partial charge on any atom is -0.464 e. The summed E-state index contributed by atoms with van der Waals surface area (Å²) in [6.07, 6.45) is -0.206. The summed E-state index contributed by atoms with van der Waals surface area (Å²) in [7, 11) is 0. The molecule has 86 valence electrons. The second-order valence-electron chi connectivity index (χ2n) is 3.81. The van der Waals surface area contributed by atoms with Crippen LogP contribution in [-0.4, -0.2) is 0 Å². The first kappa shape index (κ1) is 10.8. The maximum atomic E-state index is 5.99. The third-order valence-corrected chi connectivity index (χ3v) is 3.40. The van der Waals surface area contributed by atoms with Gasteiger partial charge in [-0.1, -0.05) is 41.4 Å². The Morgan fingerprint density at radius 3 is 2.59 bits per heavy atom. The molecule has 2 aromatic rings. The van der Waals surface area contributed by atoms with Crippen molar-refractivity contribution in [3.8, 4) is 5.75 Å². The number of benzene rings is 2. The number of nitrogens with one attached hydrogen (secondary N) is 1. The molecular weight excluding hydrogens is 257 g/mol. The molecule has 0 saturated heterocycles. The van der Waals surface area contributed by atoms with Crippen molar-refractivity contribution in [1.29, 1.82) is 0 Å². The highest BCUT2D eigenvalue weighted by Crippen LogP contribution is 2.38. The summed E-state index contributed by atoms with van der Waals surface area (Å²) in [6.45, 7) is 0. The molecule has 2 aromatic carbocycles. The molecule has 2 nitrogen and oxygen atoms in total. The van der Waals surface area contributed by atoms with Crippen LogP contribution in [0.15, 0.2) is 42.5 Å². The maximum absolute atomic E-state index is 5.99. The van der Waals surface area contributed by atoms with Crippen LogP contribution in [0.3, 0.4) is 0 Å². The Morgan fingerprint density at radius 2 is 1.82 bits per heavy atom. The van der Waals surface area contributed by atoms with Gasteiger partial charge in [0.2, 0.25) is 0 Å². The summed E-state index contributed by atoms with van der Waals surface area (Å²) < 4.78 is 5.77. The molecule has 1 atom stereocenters. The van der Waals surface area contributed by atoms with E-state index in [1.165, 1.54) is 0 Å². The van der Waals surface area contributed by atoms with E-state index < -0.39 is 0 Å². The van der Waals surface area contributed by atoms with E-state index in [1.54, 1.807) is 6.07 Å². The number of ether oxygens (including phenoxy) is 1. The quantitative estimate of drug-likeness (QED) is 0.820. The van der Waals surface area contributed by atoms with Crippen LogP contribution in [0, 0.1) is 0 Å². The highest BCUT2D eigenvalue weighted by Gasteiger charge is 2.23. The molecule has 1 heterocycles. The molecule has 1 aliphatic rings. The van der Waals surface area contributed by atoms with Gasteiger partial charge in [0.25, 0.3) is 0 Å². The fourth-order valence-corrected chi connectivity index (χ4v) is 2.12. The molecule has 4 heteroatoms. The normalized spacial score (nSPS) is 17.2. The lowest BCUT2D eigenvalue weighted by Gasteiger charge is -2.12. The van der Waals surface area contributed by atoms with Crippen LogP contribution in [-0.2, 0) is 0 Å². The number of para-hydroxylation sites is 2. The van der Waals surface area contributed by atoms with Gasteiger partial charge >= 0.3 is 0 Å². The zero-order chi connectivity index (χ0) is 11.8. The summed E-state index contributed by atoms with van der Waals surface area (Å²) in [5, 5.41) is 4.35. The van der Waals surface area contributed by atoms with E-state index in [0.717, 1.165) is 17.0 Å². The summed E-state index contributed by atoms with van der Waals surface area (Å²) in [5.74, 6) is 0.851. The van der Waals surface area contributed by atoms with Crippen LogP contribution in [0.2, 0.25) is 10.0 Å². The Labute approximate surface area is 109 Å². The minimum atomic E-state index is -0.206. The molecule has 0 amide bonds. The Hall–Kier alpha value is -1.38. The molecule has 0 bridgehead atoms. The van der Waals surface area contributed by atoms with Crippen molar-refractivity contribution in [2.45, 2.75) is 6.23 Å². The van der Waals surface area contributed by atoms with E-state index in [0.29, 0.717) is 10.0 Å². The second-order valence-corrected chi connectivity index (χ2v) is 4.63. The molecule has 0 aliphatic carbocycles. The number of halogens is 2. The molecule has 3 rings (SSSR count).